The van der Waals surface area contributed by atoms with Gasteiger partial charge in [-0.2, -0.15) is 0 Å². The molecule has 1 nitrogen and oxygen atoms in total. The van der Waals surface area contributed by atoms with Crippen molar-refractivity contribution >= 4 is 0 Å². The Labute approximate surface area is 130 Å². The molecule has 22 heavy (non-hydrogen) atoms. The quantitative estimate of drug-likeness (QED) is 0.608. The molecule has 2 aromatic carbocycles. The van der Waals surface area contributed by atoms with Crippen molar-refractivity contribution in [1.82, 2.24) is 0 Å². The standard InChI is InChI=1S/C20H19FN/c1-14-6-4-5-7-19(14)20-11-8-16(13-22(20)3)18-10-9-17(21)12-15(18)2/h4-13H,1-3H3/q+1. The van der Waals surface area contributed by atoms with Gasteiger partial charge in [0.2, 0.25) is 5.69 Å². The Morgan fingerprint density at radius 1 is 0.818 bits per heavy atom. The summed E-state index contributed by atoms with van der Waals surface area (Å²) < 4.78 is 15.4. The van der Waals surface area contributed by atoms with E-state index in [0.29, 0.717) is 0 Å². The van der Waals surface area contributed by atoms with E-state index in [1.54, 1.807) is 6.07 Å². The first-order chi connectivity index (χ1) is 10.6. The van der Waals surface area contributed by atoms with Gasteiger partial charge in [-0.3, -0.25) is 0 Å². The van der Waals surface area contributed by atoms with E-state index in [0.717, 1.165) is 16.7 Å². The monoisotopic (exact) mass is 292 g/mol. The highest BCUT2D eigenvalue weighted by Gasteiger charge is 2.14. The van der Waals surface area contributed by atoms with Crippen LogP contribution in [0.25, 0.3) is 22.4 Å². The van der Waals surface area contributed by atoms with E-state index in [2.05, 4.69) is 54.1 Å². The van der Waals surface area contributed by atoms with E-state index in [9.17, 15) is 4.39 Å². The predicted octanol–water partition coefficient (Wildman–Crippen LogP) is 4.60. The minimum absolute atomic E-state index is 0.192. The van der Waals surface area contributed by atoms with Crippen molar-refractivity contribution < 1.29 is 8.96 Å². The second kappa shape index (κ2) is 5.72. The first-order valence-corrected chi connectivity index (χ1v) is 7.38. The third-order valence-electron chi connectivity index (χ3n) is 4.05. The Bertz CT molecular complexity index is 837. The first-order valence-electron chi connectivity index (χ1n) is 7.38. The van der Waals surface area contributed by atoms with Crippen LogP contribution in [-0.4, -0.2) is 0 Å². The third-order valence-corrected chi connectivity index (χ3v) is 4.05. The minimum Gasteiger partial charge on any atom is -0.207 e. The maximum Gasteiger partial charge on any atom is 0.212 e. The topological polar surface area (TPSA) is 3.88 Å². The van der Waals surface area contributed by atoms with E-state index in [4.69, 9.17) is 0 Å². The number of hydrogen-bond donors (Lipinski definition) is 0. The molecule has 110 valence electrons. The van der Waals surface area contributed by atoms with Crippen LogP contribution in [0.15, 0.2) is 60.8 Å². The number of aryl methyl sites for hydroxylation is 3. The Morgan fingerprint density at radius 3 is 2.27 bits per heavy atom. The smallest absolute Gasteiger partial charge is 0.207 e. The van der Waals surface area contributed by atoms with Crippen molar-refractivity contribution in [3.8, 4) is 22.4 Å². The molecule has 1 heterocycles. The van der Waals surface area contributed by atoms with Crippen molar-refractivity contribution in [1.29, 1.82) is 0 Å². The molecule has 0 saturated carbocycles. The Morgan fingerprint density at radius 2 is 1.59 bits per heavy atom. The van der Waals surface area contributed by atoms with Crippen molar-refractivity contribution in [2.45, 2.75) is 13.8 Å². The number of benzene rings is 2. The van der Waals surface area contributed by atoms with Crippen LogP contribution in [0.2, 0.25) is 0 Å². The zero-order valence-electron chi connectivity index (χ0n) is 13.1. The molecule has 0 aliphatic heterocycles. The van der Waals surface area contributed by atoms with Gasteiger partial charge in [0, 0.05) is 17.2 Å². The summed E-state index contributed by atoms with van der Waals surface area (Å²) in [4.78, 5) is 0. The summed E-state index contributed by atoms with van der Waals surface area (Å²) >= 11 is 0. The molecule has 2 heteroatoms. The summed E-state index contributed by atoms with van der Waals surface area (Å²) in [6, 6.07) is 17.5. The largest absolute Gasteiger partial charge is 0.212 e. The maximum absolute atomic E-state index is 13.3. The van der Waals surface area contributed by atoms with E-state index in [1.165, 1.54) is 22.9 Å². The highest BCUT2D eigenvalue weighted by Crippen LogP contribution is 2.26. The molecule has 0 aliphatic carbocycles. The van der Waals surface area contributed by atoms with Crippen molar-refractivity contribution in [3.63, 3.8) is 0 Å². The summed E-state index contributed by atoms with van der Waals surface area (Å²) in [7, 11) is 2.05. The first kappa shape index (κ1) is 14.5. The lowest BCUT2D eigenvalue weighted by Gasteiger charge is -2.08. The highest BCUT2D eigenvalue weighted by atomic mass is 19.1. The van der Waals surface area contributed by atoms with Gasteiger partial charge in [-0.15, -0.1) is 0 Å². The van der Waals surface area contributed by atoms with Crippen LogP contribution in [-0.2, 0) is 7.05 Å². The fraction of sp³-hybridized carbons (Fsp3) is 0.150. The van der Waals surface area contributed by atoms with Crippen molar-refractivity contribution in [2.24, 2.45) is 7.05 Å². The summed E-state index contributed by atoms with van der Waals surface area (Å²) in [5, 5.41) is 0. The highest BCUT2D eigenvalue weighted by molar-refractivity contribution is 5.68. The van der Waals surface area contributed by atoms with Gasteiger partial charge in [0.15, 0.2) is 6.20 Å². The lowest BCUT2D eigenvalue weighted by Crippen LogP contribution is -2.30. The van der Waals surface area contributed by atoms with Crippen LogP contribution >= 0.6 is 0 Å². The molecule has 1 aromatic heterocycles. The van der Waals surface area contributed by atoms with E-state index >= 15 is 0 Å². The number of hydrogen-bond acceptors (Lipinski definition) is 0. The summed E-state index contributed by atoms with van der Waals surface area (Å²) in [5.74, 6) is -0.192. The van der Waals surface area contributed by atoms with Gasteiger partial charge in [0.1, 0.15) is 12.9 Å². The molecular weight excluding hydrogens is 273 g/mol. The fourth-order valence-electron chi connectivity index (χ4n) is 2.86. The van der Waals surface area contributed by atoms with Gasteiger partial charge in [-0.1, -0.05) is 24.3 Å². The molecular formula is C20H19FN+. The second-order valence-electron chi connectivity index (χ2n) is 5.69. The fourth-order valence-corrected chi connectivity index (χ4v) is 2.86. The number of halogens is 1. The molecule has 0 radical (unpaired) electrons. The SMILES string of the molecule is Cc1cc(F)ccc1-c1ccc(-c2ccccc2C)[n+](C)c1. The van der Waals surface area contributed by atoms with Gasteiger partial charge in [0.05, 0.1) is 0 Å². The number of rotatable bonds is 2. The molecule has 0 N–H and O–H groups in total. The lowest BCUT2D eigenvalue weighted by atomic mass is 10.00. The zero-order valence-corrected chi connectivity index (χ0v) is 13.1. The zero-order chi connectivity index (χ0) is 15.7. The van der Waals surface area contributed by atoms with Crippen LogP contribution < -0.4 is 4.57 Å². The summed E-state index contributed by atoms with van der Waals surface area (Å²) in [5.41, 5.74) is 6.76. The minimum atomic E-state index is -0.192. The number of nitrogens with zero attached hydrogens (tertiary/aromatic N) is 1. The van der Waals surface area contributed by atoms with Crippen LogP contribution in [0.5, 0.6) is 0 Å². The number of pyridine rings is 1. The lowest BCUT2D eigenvalue weighted by molar-refractivity contribution is -0.659. The molecule has 0 amide bonds. The molecule has 3 rings (SSSR count). The third kappa shape index (κ3) is 2.64. The van der Waals surface area contributed by atoms with Crippen molar-refractivity contribution in [2.75, 3.05) is 0 Å². The maximum atomic E-state index is 13.3. The molecule has 0 bridgehead atoms. The van der Waals surface area contributed by atoms with Crippen molar-refractivity contribution in [3.05, 3.63) is 77.7 Å². The molecule has 0 aliphatic rings. The molecule has 0 fully saturated rings. The average Bonchev–Trinajstić information content (AvgIpc) is 2.48. The summed E-state index contributed by atoms with van der Waals surface area (Å²) in [6.45, 7) is 4.06. The Hall–Kier alpha value is -2.48. The van der Waals surface area contributed by atoms with Gasteiger partial charge < -0.3 is 0 Å². The molecule has 0 atom stereocenters. The van der Waals surface area contributed by atoms with Gasteiger partial charge in [0.25, 0.3) is 0 Å². The predicted molar refractivity (Wildman–Crippen MR) is 87.9 cm³/mol. The summed E-state index contributed by atoms with van der Waals surface area (Å²) in [6.07, 6.45) is 2.10. The second-order valence-corrected chi connectivity index (χ2v) is 5.69. The molecule has 3 aromatic rings. The van der Waals surface area contributed by atoms with Gasteiger partial charge in [-0.25, -0.2) is 8.96 Å². The Kier molecular flexibility index (Phi) is 3.76. The average molecular weight is 292 g/mol. The Balaban J connectivity index is 2.08. The van der Waals surface area contributed by atoms with Gasteiger partial charge >= 0.3 is 0 Å². The molecule has 0 saturated heterocycles. The van der Waals surface area contributed by atoms with E-state index in [-0.39, 0.29) is 5.82 Å². The van der Waals surface area contributed by atoms with E-state index < -0.39 is 0 Å². The van der Waals surface area contributed by atoms with Gasteiger partial charge in [-0.05, 0) is 54.8 Å². The number of aromatic nitrogens is 1. The van der Waals surface area contributed by atoms with Crippen LogP contribution in [0.1, 0.15) is 11.1 Å². The van der Waals surface area contributed by atoms with Crippen LogP contribution in [0, 0.1) is 19.7 Å². The molecule has 0 unspecified atom stereocenters. The normalized spacial score (nSPS) is 10.7. The molecule has 0 spiro atoms. The van der Waals surface area contributed by atoms with Crippen LogP contribution in [0.3, 0.4) is 0 Å². The van der Waals surface area contributed by atoms with Crippen LogP contribution in [0.4, 0.5) is 4.39 Å². The van der Waals surface area contributed by atoms with E-state index in [1.807, 2.05) is 20.0 Å².